The Balaban J connectivity index is 0.00000225. The lowest BCUT2D eigenvalue weighted by atomic mass is 10.1. The van der Waals surface area contributed by atoms with E-state index in [0.29, 0.717) is 0 Å². The summed E-state index contributed by atoms with van der Waals surface area (Å²) in [6.45, 7) is 4.99. The summed E-state index contributed by atoms with van der Waals surface area (Å²) in [6.07, 6.45) is 2.17. The van der Waals surface area contributed by atoms with E-state index in [1.54, 1.807) is 0 Å². The van der Waals surface area contributed by atoms with E-state index in [-0.39, 0.29) is 24.9 Å². The molecule has 0 spiro atoms. The zero-order valence-corrected chi connectivity index (χ0v) is 15.4. The Morgan fingerprint density at radius 1 is 1.16 bits per heavy atom. The quantitative estimate of drug-likeness (QED) is 0.817. The Labute approximate surface area is 154 Å². The highest BCUT2D eigenvalue weighted by atomic mass is 35.5. The van der Waals surface area contributed by atoms with Crippen molar-refractivity contribution in [2.75, 3.05) is 11.4 Å². The molecule has 1 N–H and O–H groups in total. The number of hydrogen-bond donors (Lipinski definition) is 1. The minimum atomic E-state index is -0.734. The molecule has 0 aromatic heterocycles. The molecular weight excluding hydrogens is 338 g/mol. The van der Waals surface area contributed by atoms with Gasteiger partial charge in [-0.2, -0.15) is 0 Å². The fourth-order valence-corrected chi connectivity index (χ4v) is 3.37. The van der Waals surface area contributed by atoms with Crippen molar-refractivity contribution in [3.8, 4) is 11.5 Å². The van der Waals surface area contributed by atoms with Crippen LogP contribution in [0.4, 0.5) is 5.69 Å². The maximum absolute atomic E-state index is 11.0. The summed E-state index contributed by atoms with van der Waals surface area (Å²) >= 11 is 0. The lowest BCUT2D eigenvalue weighted by molar-refractivity contribution is -0.137. The number of nitrogens with zero attached hydrogens (tertiary/aromatic N) is 1. The summed E-state index contributed by atoms with van der Waals surface area (Å²) in [6, 6.07) is 14.1. The Kier molecular flexibility index (Phi) is 6.32. The minimum Gasteiger partial charge on any atom is -0.481 e. The molecule has 134 valence electrons. The van der Waals surface area contributed by atoms with Crippen LogP contribution in [0.3, 0.4) is 0 Å². The lowest BCUT2D eigenvalue weighted by Crippen LogP contribution is -2.31. The molecule has 5 heteroatoms. The van der Waals surface area contributed by atoms with Gasteiger partial charge in [-0.15, -0.1) is 12.4 Å². The maximum Gasteiger partial charge on any atom is 0.305 e. The molecule has 0 bridgehead atoms. The summed E-state index contributed by atoms with van der Waals surface area (Å²) in [5, 5.41) is 9.05. The Bertz CT molecular complexity index is 710. The largest absolute Gasteiger partial charge is 0.481 e. The van der Waals surface area contributed by atoms with Gasteiger partial charge in [0, 0.05) is 18.3 Å². The lowest BCUT2D eigenvalue weighted by Gasteiger charge is -2.26. The molecule has 1 saturated heterocycles. The topological polar surface area (TPSA) is 49.8 Å². The first-order valence-corrected chi connectivity index (χ1v) is 8.37. The molecule has 1 aliphatic rings. The number of carboxylic acids is 1. The number of carbonyl (C=O) groups is 1. The average Bonchev–Trinajstić information content (AvgIpc) is 2.99. The highest BCUT2D eigenvalue weighted by molar-refractivity contribution is 5.85. The number of rotatable bonds is 5. The van der Waals surface area contributed by atoms with Crippen molar-refractivity contribution in [2.45, 2.75) is 39.2 Å². The van der Waals surface area contributed by atoms with Gasteiger partial charge in [-0.25, -0.2) is 0 Å². The molecule has 0 saturated carbocycles. The van der Waals surface area contributed by atoms with Crippen molar-refractivity contribution in [1.29, 1.82) is 0 Å². The highest BCUT2D eigenvalue weighted by Crippen LogP contribution is 2.32. The third-order valence-electron chi connectivity index (χ3n) is 4.58. The van der Waals surface area contributed by atoms with Crippen LogP contribution in [0.1, 0.15) is 30.4 Å². The zero-order chi connectivity index (χ0) is 17.1. The molecule has 0 amide bonds. The number of para-hydroxylation sites is 1. The van der Waals surface area contributed by atoms with Crippen LogP contribution >= 0.6 is 12.4 Å². The highest BCUT2D eigenvalue weighted by Gasteiger charge is 2.26. The first-order chi connectivity index (χ1) is 11.5. The molecular formula is C20H24ClNO3. The van der Waals surface area contributed by atoms with Crippen LogP contribution < -0.4 is 9.64 Å². The second-order valence-corrected chi connectivity index (χ2v) is 6.40. The first kappa shape index (κ1) is 19.1. The second-order valence-electron chi connectivity index (χ2n) is 6.40. The number of anilines is 1. The van der Waals surface area contributed by atoms with E-state index >= 15 is 0 Å². The van der Waals surface area contributed by atoms with Crippen molar-refractivity contribution in [3.05, 3.63) is 53.6 Å². The number of benzene rings is 2. The monoisotopic (exact) mass is 361 g/mol. The fourth-order valence-electron chi connectivity index (χ4n) is 3.37. The molecule has 0 aliphatic carbocycles. The van der Waals surface area contributed by atoms with Gasteiger partial charge in [0.15, 0.2) is 0 Å². The number of ether oxygens (including phenoxy) is 1. The van der Waals surface area contributed by atoms with Gasteiger partial charge in [0.05, 0.1) is 6.42 Å². The number of hydrogen-bond acceptors (Lipinski definition) is 3. The molecule has 1 aliphatic heterocycles. The number of aliphatic carboxylic acids is 1. The molecule has 2 aromatic rings. The van der Waals surface area contributed by atoms with Gasteiger partial charge in [0.2, 0.25) is 0 Å². The SMILES string of the molecule is Cc1cccc(C)c1Oc1ccc(N2CCC[C@@H]2CC(=O)O)cc1.Cl. The number of aryl methyl sites for hydroxylation is 2. The van der Waals surface area contributed by atoms with Crippen molar-refractivity contribution >= 4 is 24.1 Å². The fraction of sp³-hybridized carbons (Fsp3) is 0.350. The molecule has 0 radical (unpaired) electrons. The van der Waals surface area contributed by atoms with Crippen LogP contribution in [-0.4, -0.2) is 23.7 Å². The molecule has 25 heavy (non-hydrogen) atoms. The Morgan fingerprint density at radius 3 is 2.40 bits per heavy atom. The van der Waals surface area contributed by atoms with Crippen molar-refractivity contribution in [3.63, 3.8) is 0 Å². The van der Waals surface area contributed by atoms with Gasteiger partial charge >= 0.3 is 5.97 Å². The summed E-state index contributed by atoms with van der Waals surface area (Å²) in [7, 11) is 0. The first-order valence-electron chi connectivity index (χ1n) is 8.37. The summed E-state index contributed by atoms with van der Waals surface area (Å²) < 4.78 is 6.04. The maximum atomic E-state index is 11.0. The minimum absolute atomic E-state index is 0. The average molecular weight is 362 g/mol. The third-order valence-corrected chi connectivity index (χ3v) is 4.58. The molecule has 1 atom stereocenters. The van der Waals surface area contributed by atoms with Crippen LogP contribution in [0.25, 0.3) is 0 Å². The molecule has 4 nitrogen and oxygen atoms in total. The molecule has 1 fully saturated rings. The molecule has 3 rings (SSSR count). The van der Waals surface area contributed by atoms with E-state index in [2.05, 4.69) is 4.90 Å². The van der Waals surface area contributed by atoms with Crippen molar-refractivity contribution < 1.29 is 14.6 Å². The number of halogens is 1. The normalized spacial score (nSPS) is 16.4. The summed E-state index contributed by atoms with van der Waals surface area (Å²) in [4.78, 5) is 13.2. The zero-order valence-electron chi connectivity index (χ0n) is 14.6. The van der Waals surface area contributed by atoms with Crippen LogP contribution in [0.2, 0.25) is 0 Å². The Hall–Kier alpha value is -2.20. The van der Waals surface area contributed by atoms with Crippen LogP contribution in [0.5, 0.6) is 11.5 Å². The number of carboxylic acid groups (broad SMARTS) is 1. The van der Waals surface area contributed by atoms with Gasteiger partial charge in [0.25, 0.3) is 0 Å². The smallest absolute Gasteiger partial charge is 0.305 e. The van der Waals surface area contributed by atoms with Gasteiger partial charge in [-0.05, 0) is 62.1 Å². The van der Waals surface area contributed by atoms with E-state index < -0.39 is 5.97 Å². The third kappa shape index (κ3) is 4.45. The van der Waals surface area contributed by atoms with E-state index in [9.17, 15) is 4.79 Å². The second kappa shape index (κ2) is 8.26. The van der Waals surface area contributed by atoms with Crippen LogP contribution in [0, 0.1) is 13.8 Å². The van der Waals surface area contributed by atoms with Gasteiger partial charge in [0.1, 0.15) is 11.5 Å². The van der Waals surface area contributed by atoms with E-state index in [1.165, 1.54) is 0 Å². The predicted molar refractivity (Wildman–Crippen MR) is 102 cm³/mol. The predicted octanol–water partition coefficient (Wildman–Crippen LogP) is 4.96. The molecule has 0 unspecified atom stereocenters. The Morgan fingerprint density at radius 2 is 1.80 bits per heavy atom. The van der Waals surface area contributed by atoms with Crippen LogP contribution in [0.15, 0.2) is 42.5 Å². The van der Waals surface area contributed by atoms with Crippen LogP contribution in [-0.2, 0) is 4.79 Å². The van der Waals surface area contributed by atoms with Gasteiger partial charge < -0.3 is 14.7 Å². The summed E-state index contributed by atoms with van der Waals surface area (Å²) in [5.74, 6) is 0.960. The molecule has 2 aromatic carbocycles. The standard InChI is InChI=1S/C20H23NO3.ClH/c1-14-5-3-6-15(2)20(14)24-18-10-8-16(9-11-18)21-12-4-7-17(21)13-19(22)23;/h3,5-6,8-11,17H,4,7,12-13H2,1-2H3,(H,22,23);1H/t17-;/m1./s1. The summed E-state index contributed by atoms with van der Waals surface area (Å²) in [5.41, 5.74) is 3.29. The van der Waals surface area contributed by atoms with Gasteiger partial charge in [-0.3, -0.25) is 4.79 Å². The van der Waals surface area contributed by atoms with Crippen molar-refractivity contribution in [1.82, 2.24) is 0 Å². The van der Waals surface area contributed by atoms with Gasteiger partial charge in [-0.1, -0.05) is 18.2 Å². The van der Waals surface area contributed by atoms with E-state index in [0.717, 1.165) is 47.7 Å². The van der Waals surface area contributed by atoms with E-state index in [4.69, 9.17) is 9.84 Å². The van der Waals surface area contributed by atoms with Crippen molar-refractivity contribution in [2.24, 2.45) is 0 Å². The van der Waals surface area contributed by atoms with E-state index in [1.807, 2.05) is 56.3 Å². The molecule has 1 heterocycles.